The fraction of sp³-hybridized carbons (Fsp3) is 0.516. The van der Waals surface area contributed by atoms with Gasteiger partial charge >= 0.3 is 12.1 Å². The van der Waals surface area contributed by atoms with E-state index in [0.717, 1.165) is 10.5 Å². The zero-order valence-electron chi connectivity index (χ0n) is 27.5. The van der Waals surface area contributed by atoms with E-state index < -0.39 is 57.9 Å². The molecule has 13 nitrogen and oxygen atoms in total. The minimum absolute atomic E-state index is 0.232. The Morgan fingerprint density at radius 2 is 1.36 bits per heavy atom. The molecule has 0 heterocycles. The molecule has 0 aliphatic heterocycles. The van der Waals surface area contributed by atoms with Crippen molar-refractivity contribution in [1.29, 1.82) is 0 Å². The second-order valence-corrected chi connectivity index (χ2v) is 13.7. The first-order valence-electron chi connectivity index (χ1n) is 14.0. The van der Waals surface area contributed by atoms with E-state index in [9.17, 15) is 22.8 Å². The van der Waals surface area contributed by atoms with Crippen molar-refractivity contribution < 1.29 is 50.7 Å². The molecule has 250 valence electrons. The summed E-state index contributed by atoms with van der Waals surface area (Å²) in [6.07, 6.45) is -3.57. The number of ether oxygens (including phenoxy) is 5. The summed E-state index contributed by atoms with van der Waals surface area (Å²) in [6.45, 7) is 11.1. The van der Waals surface area contributed by atoms with Crippen LogP contribution in [0, 0.1) is 6.92 Å². The maximum Gasteiger partial charge on any atom is 0.411 e. The Labute approximate surface area is 265 Å². The first kappa shape index (κ1) is 37.1. The second-order valence-electron chi connectivity index (χ2n) is 12.2. The number of carbonyl (C=O) groups is 3. The number of esters is 1. The van der Waals surface area contributed by atoms with Crippen LogP contribution in [0.15, 0.2) is 41.3 Å². The topological polar surface area (TPSA) is 170 Å². The quantitative estimate of drug-likeness (QED) is 0.244. The fourth-order valence-electron chi connectivity index (χ4n) is 4.07. The molecule has 14 heteroatoms. The van der Waals surface area contributed by atoms with Gasteiger partial charge in [0.15, 0.2) is 6.10 Å². The lowest BCUT2D eigenvalue weighted by Crippen LogP contribution is -2.51. The lowest BCUT2D eigenvalue weighted by Gasteiger charge is -2.35. The molecule has 0 radical (unpaired) electrons. The molecule has 2 atom stereocenters. The minimum Gasteiger partial charge on any atom is -0.496 e. The van der Waals surface area contributed by atoms with Crippen molar-refractivity contribution >= 4 is 28.1 Å². The lowest BCUT2D eigenvalue weighted by molar-refractivity contribution is -0.162. The Morgan fingerprint density at radius 3 is 1.78 bits per heavy atom. The molecular formula is C31H44N2O11S. The van der Waals surface area contributed by atoms with Crippen molar-refractivity contribution in [3.63, 3.8) is 0 Å². The summed E-state index contributed by atoms with van der Waals surface area (Å²) in [5.74, 6) is -1.28. The smallest absolute Gasteiger partial charge is 0.411 e. The third-order valence-electron chi connectivity index (χ3n) is 6.14. The number of nitrogens with zero attached hydrogens (tertiary/aromatic N) is 1. The van der Waals surface area contributed by atoms with E-state index in [4.69, 9.17) is 33.6 Å². The average molecular weight is 653 g/mol. The summed E-state index contributed by atoms with van der Waals surface area (Å²) < 4.78 is 59.3. The van der Waals surface area contributed by atoms with Gasteiger partial charge in [-0.25, -0.2) is 9.59 Å². The SMILES string of the molecule is COc1cc(OC)c(CN(C(=O)OC(C)(C)C)C(CC(OS(=O)(=O)c2ccc(C)cc2)C(N)=O)C(=O)OC(C)(C)C)c(OC)c1. The Kier molecular flexibility index (Phi) is 12.2. The molecule has 45 heavy (non-hydrogen) atoms. The molecule has 0 saturated carbocycles. The summed E-state index contributed by atoms with van der Waals surface area (Å²) in [7, 11) is -0.286. The standard InChI is InChI=1S/C31H44N2O11S/c1-19-11-13-21(14-12-19)45(37,38)44-26(27(32)34)17-23(28(35)42-30(2,3)4)33(29(36)43-31(5,6)7)18-22-24(40-9)15-20(39-8)16-25(22)41-10/h11-16,23,26H,17-18H2,1-10H3,(H2,32,34). The Hall–Kier alpha value is -4.04. The molecular weight excluding hydrogens is 608 g/mol. The van der Waals surface area contributed by atoms with Gasteiger partial charge in [0.1, 0.15) is 34.5 Å². The number of amides is 2. The van der Waals surface area contributed by atoms with Crippen LogP contribution >= 0.6 is 0 Å². The number of aryl methyl sites for hydroxylation is 1. The highest BCUT2D eigenvalue weighted by molar-refractivity contribution is 7.86. The highest BCUT2D eigenvalue weighted by atomic mass is 32.2. The van der Waals surface area contributed by atoms with Crippen molar-refractivity contribution in [2.24, 2.45) is 5.73 Å². The molecule has 0 spiro atoms. The van der Waals surface area contributed by atoms with E-state index in [1.54, 1.807) is 72.7 Å². The van der Waals surface area contributed by atoms with Gasteiger partial charge < -0.3 is 29.4 Å². The van der Waals surface area contributed by atoms with Crippen molar-refractivity contribution in [3.8, 4) is 17.2 Å². The van der Waals surface area contributed by atoms with Crippen LogP contribution in [0.3, 0.4) is 0 Å². The summed E-state index contributed by atoms with van der Waals surface area (Å²) in [4.78, 5) is 41.0. The van der Waals surface area contributed by atoms with Crippen LogP contribution in [0.25, 0.3) is 0 Å². The van der Waals surface area contributed by atoms with Crippen LogP contribution in [0.4, 0.5) is 4.79 Å². The van der Waals surface area contributed by atoms with Crippen molar-refractivity contribution in [3.05, 3.63) is 47.5 Å². The number of rotatable bonds is 13. The van der Waals surface area contributed by atoms with E-state index in [-0.39, 0.29) is 22.9 Å². The first-order valence-corrected chi connectivity index (χ1v) is 15.4. The van der Waals surface area contributed by atoms with Crippen LogP contribution in [0.1, 0.15) is 59.1 Å². The number of carbonyl (C=O) groups excluding carboxylic acids is 3. The van der Waals surface area contributed by atoms with Crippen LogP contribution in [-0.2, 0) is 39.9 Å². The number of hydrogen-bond donors (Lipinski definition) is 1. The molecule has 2 aromatic carbocycles. The molecule has 2 N–H and O–H groups in total. The van der Waals surface area contributed by atoms with Crippen LogP contribution in [0.2, 0.25) is 0 Å². The third-order valence-corrected chi connectivity index (χ3v) is 7.47. The zero-order valence-corrected chi connectivity index (χ0v) is 28.3. The maximum atomic E-state index is 13.8. The van der Waals surface area contributed by atoms with Crippen molar-refractivity contribution in [1.82, 2.24) is 4.90 Å². The minimum atomic E-state index is -4.53. The van der Waals surface area contributed by atoms with Gasteiger partial charge in [0, 0.05) is 18.6 Å². The molecule has 0 fully saturated rings. The summed E-state index contributed by atoms with van der Waals surface area (Å²) in [5.41, 5.74) is 4.65. The number of hydrogen-bond acceptors (Lipinski definition) is 11. The maximum absolute atomic E-state index is 13.8. The van der Waals surface area contributed by atoms with E-state index in [1.807, 2.05) is 0 Å². The highest BCUT2D eigenvalue weighted by Crippen LogP contribution is 2.36. The molecule has 2 aromatic rings. The number of benzene rings is 2. The van der Waals surface area contributed by atoms with Crippen molar-refractivity contribution in [2.45, 2.75) is 89.7 Å². The average Bonchev–Trinajstić information content (AvgIpc) is 2.91. The summed E-state index contributed by atoms with van der Waals surface area (Å²) >= 11 is 0. The molecule has 0 bridgehead atoms. The number of nitrogens with two attached hydrogens (primary N) is 1. The Balaban J connectivity index is 2.73. The van der Waals surface area contributed by atoms with Gasteiger partial charge in [-0.1, -0.05) is 17.7 Å². The summed E-state index contributed by atoms with van der Waals surface area (Å²) in [6, 6.07) is 7.19. The number of primary amides is 1. The van der Waals surface area contributed by atoms with Crippen molar-refractivity contribution in [2.75, 3.05) is 21.3 Å². The van der Waals surface area contributed by atoms with E-state index in [0.29, 0.717) is 11.3 Å². The molecule has 0 saturated heterocycles. The van der Waals surface area contributed by atoms with Gasteiger partial charge in [-0.3, -0.25) is 13.9 Å². The fourth-order valence-corrected chi connectivity index (χ4v) is 5.13. The van der Waals surface area contributed by atoms with Crippen LogP contribution < -0.4 is 19.9 Å². The largest absolute Gasteiger partial charge is 0.496 e. The third kappa shape index (κ3) is 10.8. The van der Waals surface area contributed by atoms with Gasteiger partial charge in [0.25, 0.3) is 10.1 Å². The predicted molar refractivity (Wildman–Crippen MR) is 165 cm³/mol. The molecule has 0 aliphatic rings. The normalized spacial score (nSPS) is 13.3. The molecule has 2 amide bonds. The highest BCUT2D eigenvalue weighted by Gasteiger charge is 2.41. The molecule has 2 rings (SSSR count). The Morgan fingerprint density at radius 1 is 0.844 bits per heavy atom. The summed E-state index contributed by atoms with van der Waals surface area (Å²) in [5, 5.41) is 0. The van der Waals surface area contributed by atoms with Gasteiger partial charge in [-0.05, 0) is 60.6 Å². The monoisotopic (exact) mass is 652 g/mol. The van der Waals surface area contributed by atoms with E-state index in [2.05, 4.69) is 0 Å². The molecule has 2 unspecified atom stereocenters. The van der Waals surface area contributed by atoms with E-state index in [1.165, 1.54) is 33.5 Å². The van der Waals surface area contributed by atoms with Crippen LogP contribution in [0.5, 0.6) is 17.2 Å². The molecule has 0 aromatic heterocycles. The number of methoxy groups -OCH3 is 3. The lowest BCUT2D eigenvalue weighted by atomic mass is 10.0. The second kappa shape index (κ2) is 14.8. The van der Waals surface area contributed by atoms with Gasteiger partial charge in [-0.2, -0.15) is 8.42 Å². The van der Waals surface area contributed by atoms with Crippen LogP contribution in [-0.4, -0.2) is 76.0 Å². The van der Waals surface area contributed by atoms with Gasteiger partial charge in [-0.15, -0.1) is 0 Å². The van der Waals surface area contributed by atoms with E-state index >= 15 is 0 Å². The first-order chi connectivity index (χ1) is 20.7. The molecule has 0 aliphatic carbocycles. The Bertz CT molecular complexity index is 1430. The zero-order chi connectivity index (χ0) is 34.3. The van der Waals surface area contributed by atoms with Gasteiger partial charge in [0.05, 0.1) is 38.3 Å². The van der Waals surface area contributed by atoms with Gasteiger partial charge in [0.2, 0.25) is 5.91 Å². The predicted octanol–water partition coefficient (Wildman–Crippen LogP) is 4.12.